The van der Waals surface area contributed by atoms with E-state index in [4.69, 9.17) is 0 Å². The van der Waals surface area contributed by atoms with E-state index in [-0.39, 0.29) is 17.9 Å². The van der Waals surface area contributed by atoms with Crippen molar-refractivity contribution in [2.45, 2.75) is 49.6 Å². The Morgan fingerprint density at radius 1 is 0.880 bits per heavy atom. The van der Waals surface area contributed by atoms with Gasteiger partial charge in [-0.1, -0.05) is 0 Å². The largest absolute Gasteiger partial charge is 0.460 e. The van der Waals surface area contributed by atoms with Crippen molar-refractivity contribution in [3.63, 3.8) is 0 Å². The summed E-state index contributed by atoms with van der Waals surface area (Å²) in [5, 5.41) is -0.136. The molecule has 1 aliphatic heterocycles. The highest BCUT2D eigenvalue weighted by Gasteiger charge is 2.81. The summed E-state index contributed by atoms with van der Waals surface area (Å²) in [6.07, 6.45) is -11.9. The predicted octanol–water partition coefficient (Wildman–Crippen LogP) is 2.84. The summed E-state index contributed by atoms with van der Waals surface area (Å²) in [7, 11) is 0. The zero-order valence-electron chi connectivity index (χ0n) is 11.8. The maximum absolute atomic E-state index is 13.2. The van der Waals surface area contributed by atoms with Crippen LogP contribution in [0.4, 0.5) is 39.5 Å². The number of amides is 2. The first kappa shape index (κ1) is 21.0. The summed E-state index contributed by atoms with van der Waals surface area (Å²) >= 11 is 0. The topological polar surface area (TPSA) is 63.7 Å². The van der Waals surface area contributed by atoms with Gasteiger partial charge in [0.25, 0.3) is 11.8 Å². The highest BCUT2D eigenvalue weighted by atomic mass is 19.4. The molecule has 144 valence electrons. The Hall–Kier alpha value is -2.02. The second-order valence-electron chi connectivity index (χ2n) is 4.90. The van der Waals surface area contributed by atoms with Crippen LogP contribution in [-0.4, -0.2) is 46.8 Å². The quantitative estimate of drug-likeness (QED) is 0.518. The molecule has 0 atom stereocenters. The summed E-state index contributed by atoms with van der Waals surface area (Å²) in [4.78, 5) is 37.3. The number of halogens is 9. The Kier molecular flexibility index (Phi) is 5.35. The molecule has 0 aliphatic carbocycles. The molecule has 5 nitrogen and oxygen atoms in total. The van der Waals surface area contributed by atoms with E-state index >= 15 is 0 Å². The van der Waals surface area contributed by atoms with Gasteiger partial charge in [-0.05, 0) is 0 Å². The van der Waals surface area contributed by atoms with Crippen LogP contribution in [-0.2, 0) is 19.2 Å². The first-order chi connectivity index (χ1) is 11.0. The van der Waals surface area contributed by atoms with Crippen LogP contribution >= 0.6 is 0 Å². The molecule has 0 spiro atoms. The number of hydrogen-bond acceptors (Lipinski definition) is 4. The molecule has 0 aromatic rings. The Morgan fingerprint density at radius 3 is 1.72 bits per heavy atom. The fraction of sp³-hybridized carbons (Fsp3) is 0.727. The minimum atomic E-state index is -7.06. The standard InChI is InChI=1S/C11H8F9NO4/c12-8(13,9(14,15)10(16,17)11(18,19)20)4-3-7(24)25-21-5(22)1-2-6(21)23/h1-4H2. The fourth-order valence-corrected chi connectivity index (χ4v) is 1.63. The van der Waals surface area contributed by atoms with Crippen molar-refractivity contribution in [1.82, 2.24) is 5.06 Å². The Morgan fingerprint density at radius 2 is 1.32 bits per heavy atom. The van der Waals surface area contributed by atoms with Crippen molar-refractivity contribution in [2.75, 3.05) is 0 Å². The van der Waals surface area contributed by atoms with Gasteiger partial charge < -0.3 is 4.84 Å². The van der Waals surface area contributed by atoms with Gasteiger partial charge in [-0.2, -0.15) is 39.5 Å². The van der Waals surface area contributed by atoms with Crippen LogP contribution < -0.4 is 0 Å². The van der Waals surface area contributed by atoms with Gasteiger partial charge in [0.15, 0.2) is 0 Å². The number of hydroxylamine groups is 2. The van der Waals surface area contributed by atoms with Crippen LogP contribution in [0.15, 0.2) is 0 Å². The zero-order valence-corrected chi connectivity index (χ0v) is 11.8. The number of carbonyl (C=O) groups is 3. The van der Waals surface area contributed by atoms with Crippen molar-refractivity contribution in [3.8, 4) is 0 Å². The second-order valence-corrected chi connectivity index (χ2v) is 4.90. The van der Waals surface area contributed by atoms with E-state index in [1.54, 1.807) is 0 Å². The first-order valence-corrected chi connectivity index (χ1v) is 6.31. The van der Waals surface area contributed by atoms with E-state index in [9.17, 15) is 53.9 Å². The fourth-order valence-electron chi connectivity index (χ4n) is 1.63. The third-order valence-electron chi connectivity index (χ3n) is 3.05. The molecule has 0 saturated carbocycles. The minimum absolute atomic E-state index is 0.136. The lowest BCUT2D eigenvalue weighted by atomic mass is 10.00. The molecule has 0 aromatic heterocycles. The molecule has 2 amide bonds. The number of hydrogen-bond donors (Lipinski definition) is 0. The molecular weight excluding hydrogens is 381 g/mol. The lowest BCUT2D eigenvalue weighted by Crippen LogP contribution is -2.60. The van der Waals surface area contributed by atoms with Gasteiger partial charge >= 0.3 is 29.9 Å². The van der Waals surface area contributed by atoms with E-state index in [0.717, 1.165) is 0 Å². The van der Waals surface area contributed by atoms with Crippen LogP contribution in [0.1, 0.15) is 25.7 Å². The summed E-state index contributed by atoms with van der Waals surface area (Å²) in [6, 6.07) is 0. The average Bonchev–Trinajstić information content (AvgIpc) is 2.75. The summed E-state index contributed by atoms with van der Waals surface area (Å²) in [5.74, 6) is -23.8. The van der Waals surface area contributed by atoms with Crippen LogP contribution in [0.3, 0.4) is 0 Å². The summed E-state index contributed by atoms with van der Waals surface area (Å²) < 4.78 is 113. The maximum atomic E-state index is 13.2. The molecule has 0 N–H and O–H groups in total. The van der Waals surface area contributed by atoms with Crippen molar-refractivity contribution in [3.05, 3.63) is 0 Å². The smallest absolute Gasteiger partial charge is 0.330 e. The maximum Gasteiger partial charge on any atom is 0.460 e. The summed E-state index contributed by atoms with van der Waals surface area (Å²) in [5.41, 5.74) is 0. The van der Waals surface area contributed by atoms with Crippen molar-refractivity contribution < 1.29 is 58.7 Å². The monoisotopic (exact) mass is 389 g/mol. The molecular formula is C11H8F9NO4. The Balaban J connectivity index is 2.79. The lowest BCUT2D eigenvalue weighted by molar-refractivity contribution is -0.396. The SMILES string of the molecule is O=C(CCC(F)(F)C(F)(F)C(F)(F)C(F)(F)F)ON1C(=O)CCC1=O. The molecule has 1 rings (SSSR count). The van der Waals surface area contributed by atoms with Crippen molar-refractivity contribution in [2.24, 2.45) is 0 Å². The summed E-state index contributed by atoms with van der Waals surface area (Å²) in [6.45, 7) is 0. The number of carbonyl (C=O) groups excluding carboxylic acids is 3. The van der Waals surface area contributed by atoms with Crippen LogP contribution in [0.25, 0.3) is 0 Å². The van der Waals surface area contributed by atoms with E-state index in [0.29, 0.717) is 0 Å². The average molecular weight is 389 g/mol. The number of alkyl halides is 9. The zero-order chi connectivity index (χ0) is 19.8. The lowest BCUT2D eigenvalue weighted by Gasteiger charge is -2.33. The molecule has 1 saturated heterocycles. The van der Waals surface area contributed by atoms with Gasteiger partial charge in [0.05, 0.1) is 6.42 Å². The van der Waals surface area contributed by atoms with Gasteiger partial charge in [-0.15, -0.1) is 5.06 Å². The van der Waals surface area contributed by atoms with E-state index in [1.165, 1.54) is 0 Å². The van der Waals surface area contributed by atoms with Gasteiger partial charge in [-0.3, -0.25) is 9.59 Å². The number of nitrogens with zero attached hydrogens (tertiary/aromatic N) is 1. The highest BCUT2D eigenvalue weighted by molar-refractivity contribution is 6.01. The van der Waals surface area contributed by atoms with Crippen LogP contribution in [0.2, 0.25) is 0 Å². The molecule has 0 bridgehead atoms. The van der Waals surface area contributed by atoms with E-state index in [1.807, 2.05) is 0 Å². The molecule has 0 radical (unpaired) electrons. The van der Waals surface area contributed by atoms with Crippen LogP contribution in [0, 0.1) is 0 Å². The first-order valence-electron chi connectivity index (χ1n) is 6.31. The Labute approximate surface area is 132 Å². The van der Waals surface area contributed by atoms with E-state index < -0.39 is 54.6 Å². The highest BCUT2D eigenvalue weighted by Crippen LogP contribution is 2.54. The number of imide groups is 1. The molecule has 25 heavy (non-hydrogen) atoms. The predicted molar refractivity (Wildman–Crippen MR) is 57.3 cm³/mol. The molecule has 1 fully saturated rings. The normalized spacial score (nSPS) is 17.2. The minimum Gasteiger partial charge on any atom is -0.330 e. The van der Waals surface area contributed by atoms with Crippen LogP contribution in [0.5, 0.6) is 0 Å². The third-order valence-corrected chi connectivity index (χ3v) is 3.05. The van der Waals surface area contributed by atoms with Gasteiger partial charge in [0.1, 0.15) is 0 Å². The van der Waals surface area contributed by atoms with Gasteiger partial charge in [-0.25, -0.2) is 4.79 Å². The molecule has 0 unspecified atom stereocenters. The third kappa shape index (κ3) is 3.81. The molecule has 1 aliphatic rings. The van der Waals surface area contributed by atoms with Crippen molar-refractivity contribution in [1.29, 1.82) is 0 Å². The van der Waals surface area contributed by atoms with Gasteiger partial charge in [0, 0.05) is 19.3 Å². The second kappa shape index (κ2) is 6.37. The van der Waals surface area contributed by atoms with Crippen molar-refractivity contribution >= 4 is 17.8 Å². The van der Waals surface area contributed by atoms with Gasteiger partial charge in [0.2, 0.25) is 0 Å². The number of rotatable bonds is 6. The molecule has 14 heteroatoms. The van der Waals surface area contributed by atoms with E-state index in [2.05, 4.69) is 4.84 Å². The Bertz CT molecular complexity index is 556. The molecule has 1 heterocycles. The molecule has 0 aromatic carbocycles.